The molecule has 1 saturated heterocycles. The lowest BCUT2D eigenvalue weighted by molar-refractivity contribution is -0.384. The van der Waals surface area contributed by atoms with Crippen molar-refractivity contribution in [3.05, 3.63) is 34.4 Å². The molecule has 7 heteroatoms. The predicted molar refractivity (Wildman–Crippen MR) is 98.6 cm³/mol. The Labute approximate surface area is 148 Å². The first-order valence-corrected chi connectivity index (χ1v) is 8.94. The van der Waals surface area contributed by atoms with E-state index in [1.54, 1.807) is 18.2 Å². The van der Waals surface area contributed by atoms with Crippen molar-refractivity contribution < 1.29 is 9.72 Å². The standard InChI is InChI=1S/C18H28N4O3/c1-14(2)13-21-11-7-15(8-12-21)18(23)20-10-9-19-16-5-3-4-6-17(16)22(24)25/h3-6,14-15,19H,7-13H2,1-2H3,(H,20,23). The summed E-state index contributed by atoms with van der Waals surface area (Å²) in [6, 6.07) is 6.52. The Morgan fingerprint density at radius 1 is 1.28 bits per heavy atom. The molecule has 7 nitrogen and oxygen atoms in total. The van der Waals surface area contributed by atoms with Gasteiger partial charge in [0.2, 0.25) is 5.91 Å². The fourth-order valence-corrected chi connectivity index (χ4v) is 3.20. The lowest BCUT2D eigenvalue weighted by Gasteiger charge is -2.32. The van der Waals surface area contributed by atoms with Gasteiger partial charge >= 0.3 is 0 Å². The van der Waals surface area contributed by atoms with Crippen molar-refractivity contribution in [1.82, 2.24) is 10.2 Å². The van der Waals surface area contributed by atoms with E-state index in [0.717, 1.165) is 32.5 Å². The van der Waals surface area contributed by atoms with E-state index in [4.69, 9.17) is 0 Å². The zero-order valence-corrected chi connectivity index (χ0v) is 15.0. The second-order valence-corrected chi connectivity index (χ2v) is 6.96. The first kappa shape index (κ1) is 19.2. The number of carbonyl (C=O) groups excluding carboxylic acids is 1. The summed E-state index contributed by atoms with van der Waals surface area (Å²) in [5, 5.41) is 16.9. The molecule has 0 bridgehead atoms. The third-order valence-electron chi connectivity index (χ3n) is 4.42. The fourth-order valence-electron chi connectivity index (χ4n) is 3.20. The molecule has 1 amide bonds. The maximum absolute atomic E-state index is 12.2. The number of hydrogen-bond donors (Lipinski definition) is 2. The average molecular weight is 348 g/mol. The number of hydrogen-bond acceptors (Lipinski definition) is 5. The SMILES string of the molecule is CC(C)CN1CCC(C(=O)NCCNc2ccccc2[N+](=O)[O-])CC1. The van der Waals surface area contributed by atoms with E-state index in [1.807, 2.05) is 0 Å². The van der Waals surface area contributed by atoms with E-state index in [9.17, 15) is 14.9 Å². The molecule has 1 aromatic rings. The monoisotopic (exact) mass is 348 g/mol. The molecule has 1 heterocycles. The van der Waals surface area contributed by atoms with Crippen LogP contribution in [0.3, 0.4) is 0 Å². The van der Waals surface area contributed by atoms with Crippen molar-refractivity contribution >= 4 is 17.3 Å². The molecule has 0 radical (unpaired) electrons. The van der Waals surface area contributed by atoms with Crippen molar-refractivity contribution in [2.75, 3.05) is 38.0 Å². The zero-order valence-electron chi connectivity index (χ0n) is 15.0. The molecule has 0 saturated carbocycles. The highest BCUT2D eigenvalue weighted by Crippen LogP contribution is 2.22. The van der Waals surface area contributed by atoms with Gasteiger partial charge in [0, 0.05) is 31.6 Å². The van der Waals surface area contributed by atoms with Gasteiger partial charge in [0.05, 0.1) is 4.92 Å². The minimum atomic E-state index is -0.411. The van der Waals surface area contributed by atoms with Gasteiger partial charge in [-0.3, -0.25) is 14.9 Å². The fraction of sp³-hybridized carbons (Fsp3) is 0.611. The first-order valence-electron chi connectivity index (χ1n) is 8.94. The van der Waals surface area contributed by atoms with Gasteiger partial charge in [-0.05, 0) is 37.9 Å². The van der Waals surface area contributed by atoms with Gasteiger partial charge in [-0.25, -0.2) is 0 Å². The minimum absolute atomic E-state index is 0.0475. The molecule has 1 aromatic carbocycles. The summed E-state index contributed by atoms with van der Waals surface area (Å²) in [6.07, 6.45) is 1.80. The molecule has 0 aromatic heterocycles. The van der Waals surface area contributed by atoms with Crippen LogP contribution in [0.15, 0.2) is 24.3 Å². The molecule has 0 aliphatic carbocycles. The molecular weight excluding hydrogens is 320 g/mol. The molecule has 0 atom stereocenters. The van der Waals surface area contributed by atoms with Crippen LogP contribution in [0, 0.1) is 22.0 Å². The van der Waals surface area contributed by atoms with Crippen LogP contribution in [0.1, 0.15) is 26.7 Å². The summed E-state index contributed by atoms with van der Waals surface area (Å²) in [6.45, 7) is 8.38. The summed E-state index contributed by atoms with van der Waals surface area (Å²) in [5.74, 6) is 0.821. The van der Waals surface area contributed by atoms with E-state index in [2.05, 4.69) is 29.4 Å². The van der Waals surface area contributed by atoms with E-state index in [1.165, 1.54) is 6.07 Å². The van der Waals surface area contributed by atoms with Crippen molar-refractivity contribution in [2.45, 2.75) is 26.7 Å². The van der Waals surface area contributed by atoms with E-state index in [-0.39, 0.29) is 17.5 Å². The quantitative estimate of drug-likeness (QED) is 0.428. The Hall–Kier alpha value is -2.15. The van der Waals surface area contributed by atoms with Crippen LogP contribution in [0.2, 0.25) is 0 Å². The minimum Gasteiger partial charge on any atom is -0.378 e. The second-order valence-electron chi connectivity index (χ2n) is 6.96. The van der Waals surface area contributed by atoms with Gasteiger partial charge in [0.25, 0.3) is 5.69 Å². The first-order chi connectivity index (χ1) is 12.0. The number of nitro benzene ring substituents is 1. The van der Waals surface area contributed by atoms with Gasteiger partial charge in [-0.2, -0.15) is 0 Å². The molecule has 0 unspecified atom stereocenters. The molecule has 2 N–H and O–H groups in total. The number of amides is 1. The molecule has 1 fully saturated rings. The molecule has 25 heavy (non-hydrogen) atoms. The number of carbonyl (C=O) groups is 1. The van der Waals surface area contributed by atoms with Crippen LogP contribution in [0.5, 0.6) is 0 Å². The van der Waals surface area contributed by atoms with E-state index < -0.39 is 4.92 Å². The number of nitrogens with one attached hydrogen (secondary N) is 2. The molecule has 1 aliphatic rings. The number of para-hydroxylation sites is 2. The lowest BCUT2D eigenvalue weighted by Crippen LogP contribution is -2.42. The molecule has 138 valence electrons. The molecule has 1 aliphatic heterocycles. The summed E-state index contributed by atoms with van der Waals surface area (Å²) in [4.78, 5) is 25.2. The molecular formula is C18H28N4O3. The predicted octanol–water partition coefficient (Wildman–Crippen LogP) is 2.49. The number of anilines is 1. The van der Waals surface area contributed by atoms with E-state index in [0.29, 0.717) is 24.7 Å². The highest BCUT2D eigenvalue weighted by atomic mass is 16.6. The topological polar surface area (TPSA) is 87.5 Å². The zero-order chi connectivity index (χ0) is 18.2. The van der Waals surface area contributed by atoms with Crippen molar-refractivity contribution in [1.29, 1.82) is 0 Å². The Bertz CT molecular complexity index is 583. The highest BCUT2D eigenvalue weighted by Gasteiger charge is 2.24. The lowest BCUT2D eigenvalue weighted by atomic mass is 9.95. The number of nitrogens with zero attached hydrogens (tertiary/aromatic N) is 2. The van der Waals surface area contributed by atoms with Gasteiger partial charge in [-0.15, -0.1) is 0 Å². The Kier molecular flexibility index (Phi) is 7.18. The number of rotatable bonds is 8. The smallest absolute Gasteiger partial charge is 0.292 e. The normalized spacial score (nSPS) is 16.0. The third-order valence-corrected chi connectivity index (χ3v) is 4.42. The third kappa shape index (κ3) is 6.01. The van der Waals surface area contributed by atoms with Crippen LogP contribution >= 0.6 is 0 Å². The largest absolute Gasteiger partial charge is 0.378 e. The van der Waals surface area contributed by atoms with Crippen LogP contribution in [0.4, 0.5) is 11.4 Å². The van der Waals surface area contributed by atoms with Gasteiger partial charge in [-0.1, -0.05) is 26.0 Å². The van der Waals surface area contributed by atoms with Crippen LogP contribution in [0.25, 0.3) is 0 Å². The van der Waals surface area contributed by atoms with E-state index >= 15 is 0 Å². The summed E-state index contributed by atoms with van der Waals surface area (Å²) < 4.78 is 0. The second kappa shape index (κ2) is 9.36. The summed E-state index contributed by atoms with van der Waals surface area (Å²) in [7, 11) is 0. The molecule has 0 spiro atoms. The van der Waals surface area contributed by atoms with Gasteiger partial charge in [0.15, 0.2) is 0 Å². The number of nitro groups is 1. The maximum atomic E-state index is 12.2. The Balaban J connectivity index is 1.69. The van der Waals surface area contributed by atoms with Crippen molar-refractivity contribution in [3.63, 3.8) is 0 Å². The number of piperidine rings is 1. The van der Waals surface area contributed by atoms with Crippen LogP contribution in [-0.2, 0) is 4.79 Å². The molecule has 2 rings (SSSR count). The number of likely N-dealkylation sites (tertiary alicyclic amines) is 1. The Morgan fingerprint density at radius 3 is 2.60 bits per heavy atom. The number of benzene rings is 1. The van der Waals surface area contributed by atoms with Gasteiger partial charge < -0.3 is 15.5 Å². The van der Waals surface area contributed by atoms with Crippen LogP contribution in [-0.4, -0.2) is 48.5 Å². The highest BCUT2D eigenvalue weighted by molar-refractivity contribution is 5.78. The maximum Gasteiger partial charge on any atom is 0.292 e. The van der Waals surface area contributed by atoms with Crippen LogP contribution < -0.4 is 10.6 Å². The van der Waals surface area contributed by atoms with Crippen molar-refractivity contribution in [3.8, 4) is 0 Å². The average Bonchev–Trinajstić information content (AvgIpc) is 2.59. The van der Waals surface area contributed by atoms with Crippen molar-refractivity contribution in [2.24, 2.45) is 11.8 Å². The Morgan fingerprint density at radius 2 is 1.96 bits per heavy atom. The van der Waals surface area contributed by atoms with Gasteiger partial charge in [0.1, 0.15) is 5.69 Å². The summed E-state index contributed by atoms with van der Waals surface area (Å²) in [5.41, 5.74) is 0.523. The summed E-state index contributed by atoms with van der Waals surface area (Å²) >= 11 is 0.